The van der Waals surface area contributed by atoms with Gasteiger partial charge in [0.25, 0.3) is 0 Å². The zero-order valence-corrected chi connectivity index (χ0v) is 18.8. The maximum atomic E-state index is 13.0. The number of nitrogens with zero attached hydrogens (tertiary/aromatic N) is 2. The molecule has 1 N–H and O–H groups in total. The van der Waals surface area contributed by atoms with Crippen LogP contribution in [0.3, 0.4) is 0 Å². The minimum absolute atomic E-state index is 0.00904. The largest absolute Gasteiger partial charge is 0.481 e. The number of piperidine rings is 1. The number of aryl methyl sites for hydroxylation is 1. The number of likely N-dealkylation sites (tertiary alicyclic amines) is 1. The Morgan fingerprint density at radius 2 is 1.52 bits per heavy atom. The Morgan fingerprint density at radius 3 is 2.13 bits per heavy atom. The van der Waals surface area contributed by atoms with Crippen molar-refractivity contribution in [3.63, 3.8) is 0 Å². The minimum Gasteiger partial charge on any atom is -0.481 e. The van der Waals surface area contributed by atoms with Gasteiger partial charge >= 0.3 is 5.97 Å². The SMILES string of the molecule is Cc1ccc(-c2c(C)c3c(c(C)c2CC(=O)O)CN(C(=O)CN2CCCCC2)C3)cc1. The average Bonchev–Trinajstić information content (AvgIpc) is 3.20. The first-order valence-electron chi connectivity index (χ1n) is 11.3. The van der Waals surface area contributed by atoms with E-state index in [1.54, 1.807) is 0 Å². The molecule has 2 aliphatic rings. The van der Waals surface area contributed by atoms with Gasteiger partial charge in [-0.2, -0.15) is 0 Å². The Morgan fingerprint density at radius 1 is 0.903 bits per heavy atom. The van der Waals surface area contributed by atoms with Gasteiger partial charge in [0, 0.05) is 13.1 Å². The molecule has 2 heterocycles. The van der Waals surface area contributed by atoms with Crippen molar-refractivity contribution in [2.24, 2.45) is 0 Å². The Kier molecular flexibility index (Phi) is 6.15. The van der Waals surface area contributed by atoms with Crippen LogP contribution in [0.5, 0.6) is 0 Å². The van der Waals surface area contributed by atoms with Crippen molar-refractivity contribution in [2.45, 2.75) is 59.5 Å². The van der Waals surface area contributed by atoms with Crippen LogP contribution in [0.2, 0.25) is 0 Å². The van der Waals surface area contributed by atoms with Crippen LogP contribution in [0.15, 0.2) is 24.3 Å². The van der Waals surface area contributed by atoms with E-state index >= 15 is 0 Å². The van der Waals surface area contributed by atoms with Crippen LogP contribution in [0.4, 0.5) is 0 Å². The van der Waals surface area contributed by atoms with Crippen molar-refractivity contribution >= 4 is 11.9 Å². The topological polar surface area (TPSA) is 60.9 Å². The second kappa shape index (κ2) is 8.83. The lowest BCUT2D eigenvalue weighted by molar-refractivity contribution is -0.136. The van der Waals surface area contributed by atoms with Crippen molar-refractivity contribution in [2.75, 3.05) is 19.6 Å². The Hall–Kier alpha value is -2.66. The summed E-state index contributed by atoms with van der Waals surface area (Å²) in [5.74, 6) is -0.652. The molecule has 2 aliphatic heterocycles. The molecule has 2 aromatic rings. The quantitative estimate of drug-likeness (QED) is 0.786. The number of carboxylic acids is 1. The molecule has 0 spiro atoms. The van der Waals surface area contributed by atoms with Crippen molar-refractivity contribution in [3.05, 3.63) is 57.6 Å². The summed E-state index contributed by atoms with van der Waals surface area (Å²) in [6, 6.07) is 8.28. The molecule has 1 saturated heterocycles. The molecule has 2 aromatic carbocycles. The smallest absolute Gasteiger partial charge is 0.307 e. The van der Waals surface area contributed by atoms with Gasteiger partial charge in [0.15, 0.2) is 0 Å². The van der Waals surface area contributed by atoms with E-state index in [4.69, 9.17) is 0 Å². The number of carbonyl (C=O) groups excluding carboxylic acids is 1. The van der Waals surface area contributed by atoms with Gasteiger partial charge in [-0.3, -0.25) is 14.5 Å². The number of amides is 1. The lowest BCUT2D eigenvalue weighted by Gasteiger charge is -2.27. The molecule has 164 valence electrons. The highest BCUT2D eigenvalue weighted by Crippen LogP contribution is 2.39. The van der Waals surface area contributed by atoms with Gasteiger partial charge in [-0.1, -0.05) is 36.2 Å². The summed E-state index contributed by atoms with van der Waals surface area (Å²) < 4.78 is 0. The second-order valence-electron chi connectivity index (χ2n) is 9.08. The molecule has 1 fully saturated rings. The zero-order valence-electron chi connectivity index (χ0n) is 18.8. The van der Waals surface area contributed by atoms with Gasteiger partial charge in [0.1, 0.15) is 0 Å². The molecule has 31 heavy (non-hydrogen) atoms. The van der Waals surface area contributed by atoms with E-state index in [0.717, 1.165) is 46.5 Å². The predicted molar refractivity (Wildman–Crippen MR) is 122 cm³/mol. The maximum absolute atomic E-state index is 13.0. The summed E-state index contributed by atoms with van der Waals surface area (Å²) in [7, 11) is 0. The lowest BCUT2D eigenvalue weighted by Crippen LogP contribution is -2.40. The summed E-state index contributed by atoms with van der Waals surface area (Å²) in [4.78, 5) is 29.0. The van der Waals surface area contributed by atoms with Crippen LogP contribution in [-0.2, 0) is 29.1 Å². The first kappa shape index (κ1) is 21.6. The Labute approximate surface area is 184 Å². The first-order valence-corrected chi connectivity index (χ1v) is 11.3. The molecule has 1 amide bonds. The van der Waals surface area contributed by atoms with Crippen molar-refractivity contribution in [1.82, 2.24) is 9.80 Å². The third kappa shape index (κ3) is 4.38. The van der Waals surface area contributed by atoms with E-state index in [2.05, 4.69) is 43.0 Å². The molecular weight excluding hydrogens is 388 g/mol. The first-order chi connectivity index (χ1) is 14.8. The molecule has 0 bridgehead atoms. The fourth-order valence-electron chi connectivity index (χ4n) is 5.13. The summed E-state index contributed by atoms with van der Waals surface area (Å²) in [6.45, 7) is 9.84. The number of carboxylic acid groups (broad SMARTS) is 1. The monoisotopic (exact) mass is 420 g/mol. The van der Waals surface area contributed by atoms with Crippen LogP contribution in [0.1, 0.15) is 52.6 Å². The number of hydrogen-bond acceptors (Lipinski definition) is 3. The van der Waals surface area contributed by atoms with Crippen molar-refractivity contribution in [3.8, 4) is 11.1 Å². The van der Waals surface area contributed by atoms with Gasteiger partial charge in [-0.15, -0.1) is 0 Å². The highest BCUT2D eigenvalue weighted by Gasteiger charge is 2.31. The van der Waals surface area contributed by atoms with Crippen molar-refractivity contribution < 1.29 is 14.7 Å². The fraction of sp³-hybridized carbons (Fsp3) is 0.462. The van der Waals surface area contributed by atoms with Crippen LogP contribution >= 0.6 is 0 Å². The summed E-state index contributed by atoms with van der Waals surface area (Å²) in [6.07, 6.45) is 3.59. The number of rotatable bonds is 5. The molecule has 0 aliphatic carbocycles. The molecule has 5 heteroatoms. The lowest BCUT2D eigenvalue weighted by atomic mass is 9.84. The van der Waals surface area contributed by atoms with Crippen molar-refractivity contribution in [1.29, 1.82) is 0 Å². The van der Waals surface area contributed by atoms with E-state index in [9.17, 15) is 14.7 Å². The number of fused-ring (bicyclic) bond motifs is 1. The maximum Gasteiger partial charge on any atom is 0.307 e. The number of hydrogen-bond donors (Lipinski definition) is 1. The minimum atomic E-state index is -0.827. The van der Waals surface area contributed by atoms with Crippen LogP contribution < -0.4 is 0 Å². The predicted octanol–water partition coefficient (Wildman–Crippen LogP) is 4.23. The standard InChI is InChI=1S/C26H32N2O3/c1-17-7-9-20(10-8-17)26-19(3)23-15-28(24(29)16-27-11-5-4-6-12-27)14-22(23)18(2)21(26)13-25(30)31/h7-10H,4-6,11-16H2,1-3H3,(H,30,31). The summed E-state index contributed by atoms with van der Waals surface area (Å²) in [5, 5.41) is 9.60. The van der Waals surface area contributed by atoms with E-state index in [-0.39, 0.29) is 12.3 Å². The van der Waals surface area contributed by atoms with Gasteiger partial charge in [0.2, 0.25) is 5.91 Å². The molecule has 0 saturated carbocycles. The second-order valence-corrected chi connectivity index (χ2v) is 9.08. The zero-order chi connectivity index (χ0) is 22.1. The summed E-state index contributed by atoms with van der Waals surface area (Å²) >= 11 is 0. The Bertz CT molecular complexity index is 1000. The van der Waals surface area contributed by atoms with E-state index < -0.39 is 5.97 Å². The number of carbonyl (C=O) groups is 2. The van der Waals surface area contributed by atoms with E-state index in [0.29, 0.717) is 19.6 Å². The van der Waals surface area contributed by atoms with Crippen LogP contribution in [-0.4, -0.2) is 46.4 Å². The third-order valence-electron chi connectivity index (χ3n) is 6.93. The normalized spacial score (nSPS) is 16.4. The molecule has 0 radical (unpaired) electrons. The molecular formula is C26H32N2O3. The molecule has 0 aromatic heterocycles. The number of aliphatic carboxylic acids is 1. The van der Waals surface area contributed by atoms with E-state index in [1.165, 1.54) is 30.4 Å². The van der Waals surface area contributed by atoms with Crippen LogP contribution in [0.25, 0.3) is 11.1 Å². The molecule has 0 unspecified atom stereocenters. The summed E-state index contributed by atoms with van der Waals surface area (Å²) in [5.41, 5.74) is 8.56. The van der Waals surface area contributed by atoms with Gasteiger partial charge < -0.3 is 10.0 Å². The molecule has 0 atom stereocenters. The third-order valence-corrected chi connectivity index (χ3v) is 6.93. The van der Waals surface area contributed by atoms with Gasteiger partial charge in [0.05, 0.1) is 13.0 Å². The fourth-order valence-corrected chi connectivity index (χ4v) is 5.13. The Balaban J connectivity index is 1.69. The molecule has 4 rings (SSSR count). The highest BCUT2D eigenvalue weighted by atomic mass is 16.4. The van der Waals surface area contributed by atoms with Gasteiger partial charge in [-0.05, 0) is 85.6 Å². The average molecular weight is 421 g/mol. The van der Waals surface area contributed by atoms with E-state index in [1.807, 2.05) is 11.8 Å². The molecule has 5 nitrogen and oxygen atoms in total. The van der Waals surface area contributed by atoms with Gasteiger partial charge in [-0.25, -0.2) is 0 Å². The number of benzene rings is 2. The highest BCUT2D eigenvalue weighted by molar-refractivity contribution is 5.83. The van der Waals surface area contributed by atoms with Crippen LogP contribution in [0, 0.1) is 20.8 Å².